The van der Waals surface area contributed by atoms with Crippen molar-refractivity contribution in [3.63, 3.8) is 0 Å². The smallest absolute Gasteiger partial charge is 0.217 e. The molecule has 0 fully saturated rings. The number of amides is 1. The summed E-state index contributed by atoms with van der Waals surface area (Å²) in [5, 5.41) is 5.05. The number of hydrogen-bond donors (Lipinski definition) is 2. The number of aryl methyl sites for hydroxylation is 1. The molecule has 2 aromatic heterocycles. The minimum absolute atomic E-state index is 0.0831. The number of hydrogen-bond acceptors (Lipinski definition) is 5. The second-order valence-corrected chi connectivity index (χ2v) is 4.59. The second-order valence-electron chi connectivity index (χ2n) is 3.70. The summed E-state index contributed by atoms with van der Waals surface area (Å²) in [5.74, 6) is 1.33. The lowest BCUT2D eigenvalue weighted by molar-refractivity contribution is -0.119. The number of aromatic nitrogens is 1. The van der Waals surface area contributed by atoms with Crippen LogP contribution in [0.2, 0.25) is 0 Å². The first-order valence-electron chi connectivity index (χ1n) is 5.11. The molecule has 0 radical (unpaired) electrons. The Morgan fingerprint density at radius 2 is 2.41 bits per heavy atom. The van der Waals surface area contributed by atoms with Gasteiger partial charge in [-0.2, -0.15) is 0 Å². The van der Waals surface area contributed by atoms with Crippen LogP contribution < -0.4 is 11.1 Å². The summed E-state index contributed by atoms with van der Waals surface area (Å²) in [7, 11) is 0. The molecule has 0 aromatic carbocycles. The zero-order chi connectivity index (χ0) is 12.4. The number of anilines is 1. The van der Waals surface area contributed by atoms with Crippen LogP contribution in [0.4, 0.5) is 5.13 Å². The average Bonchev–Trinajstić information content (AvgIpc) is 2.82. The number of nitrogens with two attached hydrogens (primary N) is 1. The van der Waals surface area contributed by atoms with Crippen LogP contribution in [0.15, 0.2) is 15.9 Å². The number of nitrogens with zero attached hydrogens (tertiary/aromatic N) is 1. The zero-order valence-corrected chi connectivity index (χ0v) is 10.4. The van der Waals surface area contributed by atoms with Gasteiger partial charge in [-0.25, -0.2) is 4.98 Å². The maximum Gasteiger partial charge on any atom is 0.217 e. The van der Waals surface area contributed by atoms with Gasteiger partial charge in [0.25, 0.3) is 0 Å². The van der Waals surface area contributed by atoms with E-state index < -0.39 is 0 Å². The van der Waals surface area contributed by atoms with E-state index in [-0.39, 0.29) is 5.91 Å². The average molecular weight is 251 g/mol. The van der Waals surface area contributed by atoms with Crippen molar-refractivity contribution in [3.8, 4) is 11.5 Å². The summed E-state index contributed by atoms with van der Waals surface area (Å²) < 4.78 is 5.64. The highest BCUT2D eigenvalue weighted by atomic mass is 32.1. The second kappa shape index (κ2) is 4.58. The monoisotopic (exact) mass is 251 g/mol. The number of carbonyl (C=O) groups excluding carboxylic acids is 1. The van der Waals surface area contributed by atoms with Gasteiger partial charge in [-0.15, -0.1) is 11.3 Å². The van der Waals surface area contributed by atoms with Crippen molar-refractivity contribution < 1.29 is 9.21 Å². The molecule has 17 heavy (non-hydrogen) atoms. The largest absolute Gasteiger partial charge is 0.457 e. The number of furan rings is 1. The van der Waals surface area contributed by atoms with Crippen molar-refractivity contribution in [2.45, 2.75) is 20.4 Å². The molecule has 6 heteroatoms. The molecule has 90 valence electrons. The van der Waals surface area contributed by atoms with E-state index in [1.54, 1.807) is 0 Å². The van der Waals surface area contributed by atoms with Crippen LogP contribution in [-0.2, 0) is 11.3 Å². The fraction of sp³-hybridized carbons (Fsp3) is 0.273. The van der Waals surface area contributed by atoms with Crippen LogP contribution in [0.1, 0.15) is 18.2 Å². The van der Waals surface area contributed by atoms with Crippen molar-refractivity contribution in [1.82, 2.24) is 10.3 Å². The van der Waals surface area contributed by atoms with Gasteiger partial charge in [0.1, 0.15) is 11.5 Å². The molecule has 2 heterocycles. The van der Waals surface area contributed by atoms with Gasteiger partial charge >= 0.3 is 0 Å². The Morgan fingerprint density at radius 3 is 3.00 bits per heavy atom. The summed E-state index contributed by atoms with van der Waals surface area (Å²) in [6.45, 7) is 3.79. The van der Waals surface area contributed by atoms with E-state index in [9.17, 15) is 4.79 Å². The van der Waals surface area contributed by atoms with Gasteiger partial charge in [0.15, 0.2) is 10.9 Å². The highest BCUT2D eigenvalue weighted by molar-refractivity contribution is 7.13. The van der Waals surface area contributed by atoms with Crippen LogP contribution in [0.25, 0.3) is 11.5 Å². The molecule has 0 spiro atoms. The van der Waals surface area contributed by atoms with Gasteiger partial charge in [-0.3, -0.25) is 4.79 Å². The van der Waals surface area contributed by atoms with Crippen molar-refractivity contribution >= 4 is 22.4 Å². The molecule has 0 saturated carbocycles. The molecule has 2 aromatic rings. The first kappa shape index (κ1) is 11.7. The predicted molar refractivity (Wildman–Crippen MR) is 66.5 cm³/mol. The van der Waals surface area contributed by atoms with E-state index >= 15 is 0 Å². The molecule has 2 rings (SSSR count). The molecular weight excluding hydrogens is 238 g/mol. The molecule has 3 N–H and O–H groups in total. The maximum atomic E-state index is 10.8. The zero-order valence-electron chi connectivity index (χ0n) is 9.61. The fourth-order valence-electron chi connectivity index (χ4n) is 1.43. The third-order valence-corrected chi connectivity index (χ3v) is 2.97. The number of thiazole rings is 1. The van der Waals surface area contributed by atoms with Gasteiger partial charge in [-0.05, 0) is 18.6 Å². The van der Waals surface area contributed by atoms with E-state index in [0.29, 0.717) is 17.4 Å². The Morgan fingerprint density at radius 1 is 1.65 bits per heavy atom. The Labute approximate surface area is 103 Å². The highest BCUT2D eigenvalue weighted by Crippen LogP contribution is 2.27. The molecular formula is C11H13N3O2S. The third-order valence-electron chi connectivity index (χ3n) is 2.29. The van der Waals surface area contributed by atoms with E-state index in [1.165, 1.54) is 18.3 Å². The number of nitrogens with one attached hydrogen (secondary N) is 1. The molecule has 1 amide bonds. The molecule has 0 aliphatic carbocycles. The number of nitrogen functional groups attached to an aromatic ring is 1. The van der Waals surface area contributed by atoms with Crippen molar-refractivity contribution in [1.29, 1.82) is 0 Å². The molecule has 0 aliphatic rings. The lowest BCUT2D eigenvalue weighted by atomic mass is 10.2. The topological polar surface area (TPSA) is 81.2 Å². The predicted octanol–water partition coefficient (Wildman–Crippen LogP) is 1.93. The molecule has 0 unspecified atom stereocenters. The third kappa shape index (κ3) is 2.65. The van der Waals surface area contributed by atoms with Gasteiger partial charge in [0.2, 0.25) is 5.91 Å². The summed E-state index contributed by atoms with van der Waals surface area (Å²) in [4.78, 5) is 15.0. The molecule has 0 bridgehead atoms. The Kier molecular flexibility index (Phi) is 3.14. The van der Waals surface area contributed by atoms with E-state index in [2.05, 4.69) is 10.3 Å². The van der Waals surface area contributed by atoms with Crippen LogP contribution in [0.5, 0.6) is 0 Å². The van der Waals surface area contributed by atoms with E-state index in [1.807, 2.05) is 18.4 Å². The standard InChI is InChI=1S/C11H13N3O2S/c1-6-3-9(8-5-17-11(12)14-8)16-10(6)4-13-7(2)15/h3,5H,4H2,1-2H3,(H2,12,14)(H,13,15). The summed E-state index contributed by atoms with van der Waals surface area (Å²) in [5.41, 5.74) is 7.28. The molecule has 0 saturated heterocycles. The summed E-state index contributed by atoms with van der Waals surface area (Å²) in [6.07, 6.45) is 0. The quantitative estimate of drug-likeness (QED) is 0.873. The minimum Gasteiger partial charge on any atom is -0.457 e. The van der Waals surface area contributed by atoms with Crippen LogP contribution in [0, 0.1) is 6.92 Å². The number of rotatable bonds is 3. The van der Waals surface area contributed by atoms with Crippen LogP contribution >= 0.6 is 11.3 Å². The SMILES string of the molecule is CC(=O)NCc1oc(-c2csc(N)n2)cc1C. The molecule has 0 aliphatic heterocycles. The lowest BCUT2D eigenvalue weighted by Gasteiger charge is -1.99. The van der Waals surface area contributed by atoms with Gasteiger partial charge in [0, 0.05) is 12.3 Å². The lowest BCUT2D eigenvalue weighted by Crippen LogP contribution is -2.18. The molecule has 5 nitrogen and oxygen atoms in total. The van der Waals surface area contributed by atoms with Crippen molar-refractivity contribution in [2.75, 3.05) is 5.73 Å². The Hall–Kier alpha value is -1.82. The summed E-state index contributed by atoms with van der Waals surface area (Å²) in [6, 6.07) is 1.89. The van der Waals surface area contributed by atoms with Gasteiger partial charge < -0.3 is 15.5 Å². The van der Waals surface area contributed by atoms with E-state index in [4.69, 9.17) is 10.2 Å². The fourth-order valence-corrected chi connectivity index (χ4v) is 1.98. The highest BCUT2D eigenvalue weighted by Gasteiger charge is 2.11. The first-order valence-corrected chi connectivity index (χ1v) is 5.99. The number of carbonyl (C=O) groups is 1. The Bertz CT molecular complexity index is 545. The van der Waals surface area contributed by atoms with Crippen molar-refractivity contribution in [3.05, 3.63) is 22.8 Å². The van der Waals surface area contributed by atoms with Gasteiger partial charge in [0.05, 0.1) is 6.54 Å². The molecule has 0 atom stereocenters. The maximum absolute atomic E-state index is 10.8. The first-order chi connectivity index (χ1) is 8.06. The summed E-state index contributed by atoms with van der Waals surface area (Å²) >= 11 is 1.37. The van der Waals surface area contributed by atoms with Crippen LogP contribution in [0.3, 0.4) is 0 Å². The normalized spacial score (nSPS) is 10.5. The van der Waals surface area contributed by atoms with Gasteiger partial charge in [-0.1, -0.05) is 0 Å². The van der Waals surface area contributed by atoms with Crippen LogP contribution in [-0.4, -0.2) is 10.9 Å². The van der Waals surface area contributed by atoms with Crippen molar-refractivity contribution in [2.24, 2.45) is 0 Å². The van der Waals surface area contributed by atoms with E-state index in [0.717, 1.165) is 17.0 Å². The minimum atomic E-state index is -0.0831. The Balaban J connectivity index is 2.21.